The van der Waals surface area contributed by atoms with E-state index in [9.17, 15) is 9.59 Å². The average Bonchev–Trinajstić information content (AvgIpc) is 3.54. The van der Waals surface area contributed by atoms with Crippen molar-refractivity contribution in [3.63, 3.8) is 0 Å². The van der Waals surface area contributed by atoms with E-state index < -0.39 is 0 Å². The van der Waals surface area contributed by atoms with E-state index in [0.29, 0.717) is 29.8 Å². The fourth-order valence-electron chi connectivity index (χ4n) is 2.97. The van der Waals surface area contributed by atoms with Crippen molar-refractivity contribution >= 4 is 27.7 Å². The molecule has 2 aliphatic carbocycles. The SMILES string of the molecule is O=C(NC1CC1)c1ccc(CN(C(=O)c2ccc(Br)cc2)C2CC2)cc1. The van der Waals surface area contributed by atoms with Gasteiger partial charge in [-0.3, -0.25) is 9.59 Å². The zero-order valence-corrected chi connectivity index (χ0v) is 16.0. The monoisotopic (exact) mass is 412 g/mol. The summed E-state index contributed by atoms with van der Waals surface area (Å²) in [6.45, 7) is 0.573. The van der Waals surface area contributed by atoms with E-state index in [2.05, 4.69) is 21.2 Å². The molecular formula is C21H21BrN2O2. The first kappa shape index (κ1) is 17.3. The topological polar surface area (TPSA) is 49.4 Å². The molecule has 134 valence electrons. The maximum Gasteiger partial charge on any atom is 0.254 e. The number of rotatable bonds is 6. The van der Waals surface area contributed by atoms with Gasteiger partial charge < -0.3 is 10.2 Å². The second kappa shape index (κ2) is 7.23. The number of hydrogen-bond donors (Lipinski definition) is 1. The first-order valence-electron chi connectivity index (χ1n) is 9.06. The molecule has 5 heteroatoms. The second-order valence-corrected chi connectivity index (χ2v) is 8.03. The van der Waals surface area contributed by atoms with Crippen LogP contribution in [0.25, 0.3) is 0 Å². The van der Waals surface area contributed by atoms with Gasteiger partial charge in [0.05, 0.1) is 0 Å². The number of hydrogen-bond acceptors (Lipinski definition) is 2. The van der Waals surface area contributed by atoms with Gasteiger partial charge in [-0.05, 0) is 67.6 Å². The van der Waals surface area contributed by atoms with Gasteiger partial charge in [-0.1, -0.05) is 28.1 Å². The predicted octanol–water partition coefficient (Wildman–Crippen LogP) is 4.15. The second-order valence-electron chi connectivity index (χ2n) is 7.12. The van der Waals surface area contributed by atoms with Crippen LogP contribution in [0.4, 0.5) is 0 Å². The third kappa shape index (κ3) is 4.15. The van der Waals surface area contributed by atoms with Crippen molar-refractivity contribution in [1.29, 1.82) is 0 Å². The lowest BCUT2D eigenvalue weighted by molar-refractivity contribution is 0.0729. The molecule has 0 atom stereocenters. The fourth-order valence-corrected chi connectivity index (χ4v) is 3.23. The molecule has 4 nitrogen and oxygen atoms in total. The Kier molecular flexibility index (Phi) is 4.81. The molecule has 26 heavy (non-hydrogen) atoms. The van der Waals surface area contributed by atoms with Crippen molar-refractivity contribution in [2.24, 2.45) is 0 Å². The van der Waals surface area contributed by atoms with Crippen LogP contribution < -0.4 is 5.32 Å². The number of amides is 2. The van der Waals surface area contributed by atoms with E-state index in [1.54, 1.807) is 0 Å². The van der Waals surface area contributed by atoms with Crippen LogP contribution in [0.1, 0.15) is 52.0 Å². The van der Waals surface area contributed by atoms with Crippen LogP contribution in [0.5, 0.6) is 0 Å². The Hall–Kier alpha value is -2.14. The van der Waals surface area contributed by atoms with Crippen molar-refractivity contribution in [3.05, 3.63) is 69.7 Å². The summed E-state index contributed by atoms with van der Waals surface area (Å²) in [5, 5.41) is 3.00. The molecule has 0 saturated heterocycles. The molecule has 2 amide bonds. The highest BCUT2D eigenvalue weighted by Gasteiger charge is 2.33. The smallest absolute Gasteiger partial charge is 0.254 e. The van der Waals surface area contributed by atoms with E-state index in [4.69, 9.17) is 0 Å². The number of benzene rings is 2. The van der Waals surface area contributed by atoms with Gasteiger partial charge in [-0.25, -0.2) is 0 Å². The summed E-state index contributed by atoms with van der Waals surface area (Å²) >= 11 is 3.41. The van der Waals surface area contributed by atoms with E-state index in [1.807, 2.05) is 53.4 Å². The van der Waals surface area contributed by atoms with Gasteiger partial charge in [0.15, 0.2) is 0 Å². The van der Waals surface area contributed by atoms with Gasteiger partial charge >= 0.3 is 0 Å². The number of carbonyl (C=O) groups is 2. The quantitative estimate of drug-likeness (QED) is 0.774. The number of nitrogens with one attached hydrogen (secondary N) is 1. The van der Waals surface area contributed by atoms with Gasteiger partial charge in [0, 0.05) is 34.2 Å². The normalized spacial score (nSPS) is 16.2. The minimum atomic E-state index is -0.0102. The molecule has 2 fully saturated rings. The lowest BCUT2D eigenvalue weighted by Gasteiger charge is -2.23. The molecule has 0 spiro atoms. The van der Waals surface area contributed by atoms with E-state index in [1.165, 1.54) is 0 Å². The van der Waals surface area contributed by atoms with Crippen LogP contribution >= 0.6 is 15.9 Å². The molecule has 1 N–H and O–H groups in total. The average molecular weight is 413 g/mol. The number of halogens is 1. The Morgan fingerprint density at radius 1 is 0.923 bits per heavy atom. The number of nitrogens with zero attached hydrogens (tertiary/aromatic N) is 1. The standard InChI is InChI=1S/C21H21BrN2O2/c22-17-7-5-16(6-8-17)21(26)24(19-11-12-19)13-14-1-3-15(4-2-14)20(25)23-18-9-10-18/h1-8,18-19H,9-13H2,(H,23,25). The molecule has 0 radical (unpaired) electrons. The van der Waals surface area contributed by atoms with Crippen molar-refractivity contribution in [2.75, 3.05) is 0 Å². The van der Waals surface area contributed by atoms with Gasteiger partial charge in [0.25, 0.3) is 11.8 Å². The summed E-state index contributed by atoms with van der Waals surface area (Å²) in [5.41, 5.74) is 2.43. The van der Waals surface area contributed by atoms with Crippen LogP contribution in [0.3, 0.4) is 0 Å². The van der Waals surface area contributed by atoms with Crippen molar-refractivity contribution in [2.45, 2.75) is 44.3 Å². The summed E-state index contributed by atoms with van der Waals surface area (Å²) in [5.74, 6) is 0.0552. The van der Waals surface area contributed by atoms with Crippen LogP contribution in [-0.4, -0.2) is 28.8 Å². The van der Waals surface area contributed by atoms with E-state index in [-0.39, 0.29) is 11.8 Å². The molecule has 2 aliphatic rings. The lowest BCUT2D eigenvalue weighted by atomic mass is 10.1. The van der Waals surface area contributed by atoms with Crippen LogP contribution in [0.2, 0.25) is 0 Å². The molecule has 4 rings (SSSR count). The van der Waals surface area contributed by atoms with Gasteiger partial charge in [0.1, 0.15) is 0 Å². The third-order valence-corrected chi connectivity index (χ3v) is 5.35. The molecule has 2 saturated carbocycles. The summed E-state index contributed by atoms with van der Waals surface area (Å²) in [6.07, 6.45) is 4.28. The molecule has 0 aliphatic heterocycles. The molecule has 0 unspecified atom stereocenters. The number of carbonyl (C=O) groups excluding carboxylic acids is 2. The molecular weight excluding hydrogens is 392 g/mol. The van der Waals surface area contributed by atoms with Gasteiger partial charge in [-0.2, -0.15) is 0 Å². The van der Waals surface area contributed by atoms with Crippen LogP contribution in [-0.2, 0) is 6.54 Å². The Morgan fingerprint density at radius 3 is 2.12 bits per heavy atom. The van der Waals surface area contributed by atoms with Crippen LogP contribution in [0.15, 0.2) is 53.0 Å². The highest BCUT2D eigenvalue weighted by molar-refractivity contribution is 9.10. The summed E-state index contributed by atoms with van der Waals surface area (Å²) in [4.78, 5) is 26.9. The molecule has 0 bridgehead atoms. The summed E-state index contributed by atoms with van der Waals surface area (Å²) < 4.78 is 0.965. The zero-order valence-electron chi connectivity index (χ0n) is 14.5. The molecule has 0 heterocycles. The Labute approximate surface area is 161 Å². The molecule has 2 aromatic carbocycles. The maximum absolute atomic E-state index is 12.9. The Balaban J connectivity index is 1.45. The van der Waals surface area contributed by atoms with E-state index >= 15 is 0 Å². The minimum Gasteiger partial charge on any atom is -0.349 e. The predicted molar refractivity (Wildman–Crippen MR) is 104 cm³/mol. The van der Waals surface area contributed by atoms with Crippen LogP contribution in [0, 0.1) is 0 Å². The van der Waals surface area contributed by atoms with E-state index in [0.717, 1.165) is 35.7 Å². The minimum absolute atomic E-state index is 0.0102. The van der Waals surface area contributed by atoms with Crippen molar-refractivity contribution in [3.8, 4) is 0 Å². The molecule has 0 aromatic heterocycles. The maximum atomic E-state index is 12.9. The van der Waals surface area contributed by atoms with Gasteiger partial charge in [0.2, 0.25) is 0 Å². The highest BCUT2D eigenvalue weighted by atomic mass is 79.9. The highest BCUT2D eigenvalue weighted by Crippen LogP contribution is 2.30. The van der Waals surface area contributed by atoms with Crippen molar-refractivity contribution < 1.29 is 9.59 Å². The summed E-state index contributed by atoms with van der Waals surface area (Å²) in [6, 6.07) is 15.8. The zero-order chi connectivity index (χ0) is 18.1. The molecule has 2 aromatic rings. The fraction of sp³-hybridized carbons (Fsp3) is 0.333. The van der Waals surface area contributed by atoms with Crippen molar-refractivity contribution in [1.82, 2.24) is 10.2 Å². The first-order valence-corrected chi connectivity index (χ1v) is 9.86. The third-order valence-electron chi connectivity index (χ3n) is 4.82. The first-order chi connectivity index (χ1) is 12.6. The van der Waals surface area contributed by atoms with Gasteiger partial charge in [-0.15, -0.1) is 0 Å². The lowest BCUT2D eigenvalue weighted by Crippen LogP contribution is -2.32. The summed E-state index contributed by atoms with van der Waals surface area (Å²) in [7, 11) is 0. The largest absolute Gasteiger partial charge is 0.349 e. The Bertz CT molecular complexity index is 809. The Morgan fingerprint density at radius 2 is 1.54 bits per heavy atom.